The molecular weight excluding hydrogens is 270 g/mol. The summed E-state index contributed by atoms with van der Waals surface area (Å²) in [6.45, 7) is -0.151. The van der Waals surface area contributed by atoms with Gasteiger partial charge in [0.05, 0.1) is 0 Å². The zero-order valence-electron chi connectivity index (χ0n) is 8.36. The Labute approximate surface area is 133 Å². The Morgan fingerprint density at radius 1 is 1.13 bits per heavy atom. The smallest absolute Gasteiger partial charge is 0.718 e. The number of rotatable bonds is 6. The second kappa shape index (κ2) is 11.6. The van der Waals surface area contributed by atoms with Gasteiger partial charge in [-0.15, -0.1) is 0 Å². The van der Waals surface area contributed by atoms with Crippen LogP contribution >= 0.6 is 16.8 Å². The SMILES string of the molecule is NCCC(O)(P(O)O[O-])P(O)O[O-].[Na+].[Na+]. The van der Waals surface area contributed by atoms with Gasteiger partial charge in [0, 0.05) is 6.42 Å². The Kier molecular flexibility index (Phi) is 17.6. The van der Waals surface area contributed by atoms with E-state index in [0.717, 1.165) is 0 Å². The molecule has 0 saturated carbocycles. The third-order valence-corrected chi connectivity index (χ3v) is 4.22. The molecule has 0 aliphatic heterocycles. The van der Waals surface area contributed by atoms with Crippen LogP contribution in [0.5, 0.6) is 0 Å². The van der Waals surface area contributed by atoms with E-state index in [1.165, 1.54) is 0 Å². The summed E-state index contributed by atoms with van der Waals surface area (Å²) < 4.78 is 6.39. The normalized spacial score (nSPS) is 18.0. The van der Waals surface area contributed by atoms with Gasteiger partial charge in [-0.3, -0.25) is 0 Å². The van der Waals surface area contributed by atoms with Crippen molar-refractivity contribution in [3.63, 3.8) is 0 Å². The van der Waals surface area contributed by atoms with Crippen molar-refractivity contribution in [2.24, 2.45) is 5.73 Å². The fourth-order valence-corrected chi connectivity index (χ4v) is 2.24. The Hall–Kier alpha value is 2.54. The minimum atomic E-state index is -2.90. The third-order valence-electron chi connectivity index (χ3n) is 1.23. The number of nitrogens with two attached hydrogens (primary N) is 1. The molecule has 0 amide bonds. The van der Waals surface area contributed by atoms with Crippen molar-refractivity contribution in [2.75, 3.05) is 6.54 Å². The molecule has 0 radical (unpaired) electrons. The van der Waals surface area contributed by atoms with Gasteiger partial charge in [-0.2, -0.15) is 0 Å². The maximum absolute atomic E-state index is 9.79. The van der Waals surface area contributed by atoms with E-state index in [1.807, 2.05) is 0 Å². The van der Waals surface area contributed by atoms with E-state index in [1.54, 1.807) is 0 Å². The first-order valence-electron chi connectivity index (χ1n) is 3.03. The fourth-order valence-electron chi connectivity index (χ4n) is 0.577. The molecule has 0 spiro atoms. The topological polar surface area (TPSA) is 151 Å². The molecule has 0 aromatic rings. The van der Waals surface area contributed by atoms with E-state index in [4.69, 9.17) is 15.5 Å². The van der Waals surface area contributed by atoms with Gasteiger partial charge in [-0.25, -0.2) is 0 Å². The molecule has 0 aromatic heterocycles. The summed E-state index contributed by atoms with van der Waals surface area (Å²) in [5, 5.41) is 26.6. The summed E-state index contributed by atoms with van der Waals surface area (Å²) in [6.07, 6.45) is -0.373. The molecule has 15 heavy (non-hydrogen) atoms. The van der Waals surface area contributed by atoms with Gasteiger partial charge in [0.15, 0.2) is 0 Å². The van der Waals surface area contributed by atoms with Gasteiger partial charge in [0.2, 0.25) is 21.8 Å². The van der Waals surface area contributed by atoms with Gasteiger partial charge in [0.1, 0.15) is 0 Å². The van der Waals surface area contributed by atoms with Gasteiger partial charge in [-0.1, -0.05) is 0 Å². The molecule has 5 N–H and O–H groups in total. The standard InChI is InChI=1S/C3H11NO7P2.2Na/c4-2-1-3(5,12(8)10-6)13(9)11-7;;/h5-9H,1-2,4H2;;/q;2*+1/p-2. The van der Waals surface area contributed by atoms with Gasteiger partial charge < -0.3 is 40.5 Å². The van der Waals surface area contributed by atoms with Crippen molar-refractivity contribution in [2.45, 2.75) is 11.5 Å². The average molecular weight is 279 g/mol. The molecule has 0 rings (SSSR count). The molecule has 8 nitrogen and oxygen atoms in total. The van der Waals surface area contributed by atoms with Crippen LogP contribution in [0.2, 0.25) is 0 Å². The molecule has 0 aliphatic rings. The van der Waals surface area contributed by atoms with Crippen molar-refractivity contribution >= 4 is 16.8 Å². The minimum Gasteiger partial charge on any atom is -0.718 e. The van der Waals surface area contributed by atoms with E-state index >= 15 is 0 Å². The first-order valence-corrected chi connectivity index (χ1v) is 5.46. The largest absolute Gasteiger partial charge is 1.00 e. The minimum absolute atomic E-state index is 0. The zero-order valence-corrected chi connectivity index (χ0v) is 14.1. The van der Waals surface area contributed by atoms with E-state index in [9.17, 15) is 15.6 Å². The molecule has 0 fully saturated rings. The molecule has 80 valence electrons. The van der Waals surface area contributed by atoms with Crippen LogP contribution in [0.1, 0.15) is 6.42 Å². The Bertz CT molecular complexity index is 146. The summed E-state index contributed by atoms with van der Waals surface area (Å²) in [4.78, 5) is 17.7. The van der Waals surface area contributed by atoms with E-state index in [-0.39, 0.29) is 72.1 Å². The summed E-state index contributed by atoms with van der Waals surface area (Å²) in [6, 6.07) is 0. The van der Waals surface area contributed by atoms with Crippen LogP contribution in [0.3, 0.4) is 0 Å². The first kappa shape index (κ1) is 22.7. The Morgan fingerprint density at radius 2 is 1.47 bits per heavy atom. The van der Waals surface area contributed by atoms with Gasteiger partial charge >= 0.3 is 59.1 Å². The van der Waals surface area contributed by atoms with Crippen molar-refractivity contribution in [3.8, 4) is 0 Å². The van der Waals surface area contributed by atoms with Crippen molar-refractivity contribution < 1.29 is 93.9 Å². The van der Waals surface area contributed by atoms with Crippen LogP contribution in [0.25, 0.3) is 0 Å². The number of hydrogen-bond donors (Lipinski definition) is 4. The van der Waals surface area contributed by atoms with Crippen LogP contribution in [0, 0.1) is 0 Å². The molecule has 0 aliphatic carbocycles. The van der Waals surface area contributed by atoms with Crippen LogP contribution in [0.4, 0.5) is 0 Å². The molecule has 0 bridgehead atoms. The Balaban J connectivity index is -0.000000720. The van der Waals surface area contributed by atoms with Crippen molar-refractivity contribution in [1.82, 2.24) is 0 Å². The molecule has 2 atom stereocenters. The summed E-state index contributed by atoms with van der Waals surface area (Å²) >= 11 is 0. The zero-order chi connectivity index (χ0) is 10.5. The van der Waals surface area contributed by atoms with Crippen LogP contribution in [-0.2, 0) is 9.35 Å². The third kappa shape index (κ3) is 6.88. The molecule has 0 aromatic carbocycles. The van der Waals surface area contributed by atoms with E-state index in [0.29, 0.717) is 0 Å². The molecule has 2 unspecified atom stereocenters. The predicted molar refractivity (Wildman–Crippen MR) is 39.1 cm³/mol. The van der Waals surface area contributed by atoms with Gasteiger partial charge in [0.25, 0.3) is 0 Å². The molecule has 0 saturated heterocycles. The monoisotopic (exact) mass is 279 g/mol. The second-order valence-electron chi connectivity index (χ2n) is 2.01. The van der Waals surface area contributed by atoms with Crippen molar-refractivity contribution in [1.29, 1.82) is 0 Å². The van der Waals surface area contributed by atoms with Gasteiger partial charge in [-0.05, 0) is 6.54 Å². The summed E-state index contributed by atoms with van der Waals surface area (Å²) in [7, 11) is -5.80. The number of hydrogen-bond acceptors (Lipinski definition) is 8. The molecular formula is C3H9NNa2O7P2. The number of aliphatic hydroxyl groups is 1. The van der Waals surface area contributed by atoms with Crippen molar-refractivity contribution in [3.05, 3.63) is 0 Å². The maximum atomic E-state index is 9.79. The quantitative estimate of drug-likeness (QED) is 0.162. The van der Waals surface area contributed by atoms with E-state index < -0.39 is 21.8 Å². The van der Waals surface area contributed by atoms with Crippen LogP contribution in [-0.4, -0.2) is 26.5 Å². The summed E-state index contributed by atoms with van der Waals surface area (Å²) in [5.41, 5.74) is 5.02. The predicted octanol–water partition coefficient (Wildman–Crippen LogP) is -8.82. The maximum Gasteiger partial charge on any atom is 1.00 e. The first-order chi connectivity index (χ1) is 6.02. The summed E-state index contributed by atoms with van der Waals surface area (Å²) in [5.74, 6) is 0. The van der Waals surface area contributed by atoms with Crippen LogP contribution < -0.4 is 75.4 Å². The Morgan fingerprint density at radius 3 is 1.67 bits per heavy atom. The average Bonchev–Trinajstić information content (AvgIpc) is 2.15. The van der Waals surface area contributed by atoms with Crippen LogP contribution in [0.15, 0.2) is 0 Å². The second-order valence-corrected chi connectivity index (χ2v) is 5.23. The molecule has 12 heteroatoms. The molecule has 0 heterocycles. The fraction of sp³-hybridized carbons (Fsp3) is 1.00. The van der Waals surface area contributed by atoms with E-state index in [2.05, 4.69) is 9.35 Å².